The lowest BCUT2D eigenvalue weighted by atomic mass is 10.3. The van der Waals surface area contributed by atoms with E-state index in [1.54, 1.807) is 12.4 Å². The summed E-state index contributed by atoms with van der Waals surface area (Å²) in [4.78, 5) is 18.3. The quantitative estimate of drug-likeness (QED) is 0.648. The molecular formula is C14H14N4O3. The first-order valence-corrected chi connectivity index (χ1v) is 6.67. The number of nitro groups is 1. The summed E-state index contributed by atoms with van der Waals surface area (Å²) < 4.78 is 5.44. The predicted octanol–water partition coefficient (Wildman–Crippen LogP) is 2.43. The zero-order chi connectivity index (χ0) is 14.7. The SMILES string of the molecule is O=[N+]([O-])c1ccc(Oc2ncc(CNC3CC3)cn2)cc1. The van der Waals surface area contributed by atoms with Crippen molar-refractivity contribution in [3.8, 4) is 11.8 Å². The number of hydrogen-bond acceptors (Lipinski definition) is 6. The van der Waals surface area contributed by atoms with Crippen molar-refractivity contribution in [3.63, 3.8) is 0 Å². The molecular weight excluding hydrogens is 272 g/mol. The number of rotatable bonds is 6. The fourth-order valence-corrected chi connectivity index (χ4v) is 1.78. The van der Waals surface area contributed by atoms with Crippen molar-refractivity contribution in [2.75, 3.05) is 0 Å². The lowest BCUT2D eigenvalue weighted by Gasteiger charge is -2.05. The van der Waals surface area contributed by atoms with Crippen molar-refractivity contribution in [1.82, 2.24) is 15.3 Å². The first kappa shape index (κ1) is 13.4. The first-order valence-electron chi connectivity index (χ1n) is 6.67. The molecule has 0 unspecified atom stereocenters. The second kappa shape index (κ2) is 5.84. The van der Waals surface area contributed by atoms with Crippen molar-refractivity contribution >= 4 is 5.69 Å². The number of non-ortho nitro benzene ring substituents is 1. The van der Waals surface area contributed by atoms with Gasteiger partial charge in [0.1, 0.15) is 5.75 Å². The third kappa shape index (κ3) is 3.73. The van der Waals surface area contributed by atoms with Gasteiger partial charge in [-0.1, -0.05) is 0 Å². The van der Waals surface area contributed by atoms with Gasteiger partial charge in [-0.25, -0.2) is 9.97 Å². The normalized spacial score (nSPS) is 13.9. The third-order valence-electron chi connectivity index (χ3n) is 3.11. The molecule has 108 valence electrons. The molecule has 1 aromatic carbocycles. The maximum Gasteiger partial charge on any atom is 0.321 e. The van der Waals surface area contributed by atoms with Crippen molar-refractivity contribution in [3.05, 3.63) is 52.3 Å². The van der Waals surface area contributed by atoms with Crippen molar-refractivity contribution < 1.29 is 9.66 Å². The zero-order valence-electron chi connectivity index (χ0n) is 11.2. The van der Waals surface area contributed by atoms with Gasteiger partial charge in [0.15, 0.2) is 0 Å². The average molecular weight is 286 g/mol. The monoisotopic (exact) mass is 286 g/mol. The van der Waals surface area contributed by atoms with Gasteiger partial charge < -0.3 is 10.1 Å². The maximum atomic E-state index is 10.6. The summed E-state index contributed by atoms with van der Waals surface area (Å²) in [5, 5.41) is 13.9. The van der Waals surface area contributed by atoms with E-state index >= 15 is 0 Å². The summed E-state index contributed by atoms with van der Waals surface area (Å²) in [6.07, 6.45) is 5.90. The van der Waals surface area contributed by atoms with Crippen LogP contribution in [0.5, 0.6) is 11.8 Å². The van der Waals surface area contributed by atoms with E-state index in [0.29, 0.717) is 11.8 Å². The number of benzene rings is 1. The minimum Gasteiger partial charge on any atom is -0.424 e. The summed E-state index contributed by atoms with van der Waals surface area (Å²) in [5.41, 5.74) is 1.02. The molecule has 7 heteroatoms. The van der Waals surface area contributed by atoms with E-state index in [4.69, 9.17) is 4.74 Å². The van der Waals surface area contributed by atoms with E-state index < -0.39 is 4.92 Å². The Morgan fingerprint density at radius 3 is 2.48 bits per heavy atom. The van der Waals surface area contributed by atoms with Crippen LogP contribution in [0.3, 0.4) is 0 Å². The topological polar surface area (TPSA) is 90.2 Å². The van der Waals surface area contributed by atoms with Gasteiger partial charge >= 0.3 is 6.01 Å². The Hall–Kier alpha value is -2.54. The fraction of sp³-hybridized carbons (Fsp3) is 0.286. The molecule has 1 heterocycles. The maximum absolute atomic E-state index is 10.6. The van der Waals surface area contributed by atoms with E-state index in [2.05, 4.69) is 15.3 Å². The summed E-state index contributed by atoms with van der Waals surface area (Å²) in [6, 6.07) is 6.65. The second-order valence-corrected chi connectivity index (χ2v) is 4.88. The van der Waals surface area contributed by atoms with Crippen molar-refractivity contribution in [2.24, 2.45) is 0 Å². The van der Waals surface area contributed by atoms with Crippen LogP contribution in [0.15, 0.2) is 36.7 Å². The summed E-state index contributed by atoms with van der Waals surface area (Å²) in [5.74, 6) is 0.462. The van der Waals surface area contributed by atoms with E-state index in [9.17, 15) is 10.1 Å². The fourth-order valence-electron chi connectivity index (χ4n) is 1.78. The number of nitrogens with one attached hydrogen (secondary N) is 1. The Labute approximate surface area is 121 Å². The highest BCUT2D eigenvalue weighted by molar-refractivity contribution is 5.36. The smallest absolute Gasteiger partial charge is 0.321 e. The van der Waals surface area contributed by atoms with Gasteiger partial charge in [-0.3, -0.25) is 10.1 Å². The Morgan fingerprint density at radius 2 is 1.90 bits per heavy atom. The molecule has 1 saturated carbocycles. The molecule has 2 aromatic rings. The van der Waals surface area contributed by atoms with Gasteiger partial charge in [0.25, 0.3) is 5.69 Å². The van der Waals surface area contributed by atoms with Crippen LogP contribution in [0.25, 0.3) is 0 Å². The van der Waals surface area contributed by atoms with E-state index in [-0.39, 0.29) is 11.7 Å². The standard InChI is InChI=1S/C14H14N4O3/c19-18(20)12-3-5-13(6-4-12)21-14-16-8-10(9-17-14)7-15-11-1-2-11/h3-6,8-9,11,15H,1-2,7H2. The summed E-state index contributed by atoms with van der Waals surface area (Å²) >= 11 is 0. The lowest BCUT2D eigenvalue weighted by molar-refractivity contribution is -0.384. The molecule has 0 spiro atoms. The van der Waals surface area contributed by atoms with E-state index in [1.165, 1.54) is 37.1 Å². The van der Waals surface area contributed by atoms with Crippen LogP contribution >= 0.6 is 0 Å². The molecule has 0 radical (unpaired) electrons. The van der Waals surface area contributed by atoms with E-state index in [1.807, 2.05) is 0 Å². The highest BCUT2D eigenvalue weighted by Crippen LogP contribution is 2.21. The second-order valence-electron chi connectivity index (χ2n) is 4.88. The Balaban J connectivity index is 1.59. The average Bonchev–Trinajstić information content (AvgIpc) is 3.31. The van der Waals surface area contributed by atoms with Crippen LogP contribution < -0.4 is 10.1 Å². The molecule has 7 nitrogen and oxygen atoms in total. The molecule has 1 aliphatic rings. The van der Waals surface area contributed by atoms with Gasteiger partial charge in [-0.05, 0) is 25.0 Å². The van der Waals surface area contributed by atoms with Gasteiger partial charge in [0.2, 0.25) is 0 Å². The largest absolute Gasteiger partial charge is 0.424 e. The van der Waals surface area contributed by atoms with E-state index in [0.717, 1.165) is 12.1 Å². The van der Waals surface area contributed by atoms with Gasteiger partial charge in [0.05, 0.1) is 4.92 Å². The zero-order valence-corrected chi connectivity index (χ0v) is 11.2. The van der Waals surface area contributed by atoms with Gasteiger partial charge in [-0.15, -0.1) is 0 Å². The van der Waals surface area contributed by atoms with Gasteiger partial charge in [-0.2, -0.15) is 0 Å². The Morgan fingerprint density at radius 1 is 1.24 bits per heavy atom. The Bertz CT molecular complexity index is 624. The predicted molar refractivity (Wildman–Crippen MR) is 75.1 cm³/mol. The van der Waals surface area contributed by atoms with Crippen LogP contribution in [0.1, 0.15) is 18.4 Å². The van der Waals surface area contributed by atoms with Crippen LogP contribution in [0.4, 0.5) is 5.69 Å². The van der Waals surface area contributed by atoms with Crippen molar-refractivity contribution in [1.29, 1.82) is 0 Å². The van der Waals surface area contributed by atoms with Crippen LogP contribution in [0, 0.1) is 10.1 Å². The highest BCUT2D eigenvalue weighted by Gasteiger charge is 2.19. The molecule has 1 aliphatic carbocycles. The molecule has 0 atom stereocenters. The molecule has 0 saturated heterocycles. The molecule has 0 bridgehead atoms. The molecule has 0 amide bonds. The summed E-state index contributed by atoms with van der Waals surface area (Å²) in [7, 11) is 0. The van der Waals surface area contributed by atoms with Crippen LogP contribution in [-0.2, 0) is 6.54 Å². The Kier molecular flexibility index (Phi) is 3.74. The number of ether oxygens (including phenoxy) is 1. The van der Waals surface area contributed by atoms with Crippen LogP contribution in [-0.4, -0.2) is 20.9 Å². The molecule has 1 aromatic heterocycles. The number of nitro benzene ring substituents is 1. The first-order chi connectivity index (χ1) is 10.2. The van der Waals surface area contributed by atoms with Gasteiger partial charge in [0, 0.05) is 42.7 Å². The highest BCUT2D eigenvalue weighted by atomic mass is 16.6. The number of nitrogens with zero attached hydrogens (tertiary/aromatic N) is 3. The number of aromatic nitrogens is 2. The number of hydrogen-bond donors (Lipinski definition) is 1. The molecule has 1 N–H and O–H groups in total. The third-order valence-corrected chi connectivity index (χ3v) is 3.11. The molecule has 3 rings (SSSR count). The molecule has 0 aliphatic heterocycles. The van der Waals surface area contributed by atoms with Crippen LogP contribution in [0.2, 0.25) is 0 Å². The van der Waals surface area contributed by atoms with Crippen molar-refractivity contribution in [2.45, 2.75) is 25.4 Å². The minimum atomic E-state index is -0.456. The summed E-state index contributed by atoms with van der Waals surface area (Å²) in [6.45, 7) is 0.752. The molecule has 1 fully saturated rings. The molecule has 21 heavy (non-hydrogen) atoms. The lowest BCUT2D eigenvalue weighted by Crippen LogP contribution is -2.15. The minimum absolute atomic E-state index is 0.0183.